The number of aromatic nitrogens is 3. The summed E-state index contributed by atoms with van der Waals surface area (Å²) in [5.41, 5.74) is 2.14. The molecule has 17 heteroatoms. The smallest absolute Gasteiger partial charge is 0.475 e. The molecule has 0 fully saturated rings. The Hall–Kier alpha value is -3.63. The lowest BCUT2D eigenvalue weighted by molar-refractivity contribution is -0.192. The molecule has 0 bridgehead atoms. The van der Waals surface area contributed by atoms with E-state index in [2.05, 4.69) is 46.2 Å². The van der Waals surface area contributed by atoms with E-state index in [0.717, 1.165) is 0 Å². The molecule has 0 aliphatic carbocycles. The number of nitrogens with one attached hydrogen (secondary N) is 2. The number of carbonyl (C=O) groups excluding carboxylic acids is 1. The molecule has 2 aromatic heterocycles. The Morgan fingerprint density at radius 3 is 2.44 bits per heavy atom. The van der Waals surface area contributed by atoms with Gasteiger partial charge in [0.1, 0.15) is 11.0 Å². The summed E-state index contributed by atoms with van der Waals surface area (Å²) in [6.45, 7) is 0. The molecular formula is C17H10BrClF4N6O5. The molecule has 0 atom stereocenters. The van der Waals surface area contributed by atoms with Crippen LogP contribution in [0.4, 0.5) is 29.1 Å². The molecule has 0 aliphatic rings. The highest BCUT2D eigenvalue weighted by atomic mass is 79.9. The zero-order valence-corrected chi connectivity index (χ0v) is 18.5. The van der Waals surface area contributed by atoms with E-state index in [9.17, 15) is 27.6 Å². The third kappa shape index (κ3) is 7.19. The van der Waals surface area contributed by atoms with Gasteiger partial charge >= 0.3 is 12.1 Å². The van der Waals surface area contributed by atoms with E-state index in [0.29, 0.717) is 0 Å². The Kier molecular flexibility index (Phi) is 8.99. The van der Waals surface area contributed by atoms with E-state index in [4.69, 9.17) is 21.5 Å². The third-order valence-corrected chi connectivity index (χ3v) is 4.35. The number of carboxylic acids is 1. The van der Waals surface area contributed by atoms with E-state index in [-0.39, 0.29) is 38.2 Å². The molecule has 4 N–H and O–H groups in total. The molecule has 0 spiro atoms. The molecule has 34 heavy (non-hydrogen) atoms. The molecule has 0 radical (unpaired) electrons. The van der Waals surface area contributed by atoms with E-state index in [1.807, 2.05) is 5.48 Å². The Morgan fingerprint density at radius 1 is 1.21 bits per heavy atom. The van der Waals surface area contributed by atoms with Crippen molar-refractivity contribution in [3.63, 3.8) is 0 Å². The Balaban J connectivity index is 0.000000509. The molecule has 3 aromatic rings. The fourth-order valence-electron chi connectivity index (χ4n) is 1.97. The van der Waals surface area contributed by atoms with Crippen LogP contribution in [0.25, 0.3) is 0 Å². The molecule has 180 valence electrons. The van der Waals surface area contributed by atoms with Gasteiger partial charge in [0.25, 0.3) is 5.91 Å². The number of alkyl halides is 3. The second kappa shape index (κ2) is 11.5. The van der Waals surface area contributed by atoms with Gasteiger partial charge in [-0.2, -0.15) is 13.2 Å². The number of hydrogen-bond acceptors (Lipinski definition) is 8. The molecule has 11 nitrogen and oxygen atoms in total. The number of amidine groups is 1. The standard InChI is InChI=1S/C15H9BrClFN6O3.C2HF3O2/c16-9-6-7(3-4-10(9)18)20-13(22-26)11-14(24-27-23-11)21-15(25)8-2-1-5-19-12(8)17;3-2(4,5)1(6)7/h1-6,26H,(H,20,22)(H,21,24,25);(H,6,7). The summed E-state index contributed by atoms with van der Waals surface area (Å²) in [5, 5.41) is 26.1. The lowest BCUT2D eigenvalue weighted by Gasteiger charge is -2.06. The molecule has 0 saturated carbocycles. The second-order valence-electron chi connectivity index (χ2n) is 5.73. The summed E-state index contributed by atoms with van der Waals surface area (Å²) in [4.78, 5) is 29.1. The van der Waals surface area contributed by atoms with Crippen molar-refractivity contribution in [2.75, 3.05) is 5.32 Å². The lowest BCUT2D eigenvalue weighted by atomic mass is 10.2. The molecule has 3 rings (SSSR count). The maximum absolute atomic E-state index is 13.3. The molecular weight excluding hydrogens is 560 g/mol. The Morgan fingerprint density at radius 2 is 1.88 bits per heavy atom. The van der Waals surface area contributed by atoms with Crippen LogP contribution in [0, 0.1) is 5.82 Å². The normalized spacial score (nSPS) is 11.3. The third-order valence-electron chi connectivity index (χ3n) is 3.44. The van der Waals surface area contributed by atoms with Crippen LogP contribution >= 0.6 is 27.5 Å². The lowest BCUT2D eigenvalue weighted by Crippen LogP contribution is -2.23. The average molecular weight is 570 g/mol. The van der Waals surface area contributed by atoms with Crippen molar-refractivity contribution in [2.24, 2.45) is 4.99 Å². The summed E-state index contributed by atoms with van der Waals surface area (Å²) in [6.07, 6.45) is -3.65. The molecule has 2 heterocycles. The van der Waals surface area contributed by atoms with E-state index >= 15 is 0 Å². The zero-order valence-electron chi connectivity index (χ0n) is 16.1. The van der Waals surface area contributed by atoms with Gasteiger partial charge in [-0.1, -0.05) is 11.6 Å². The number of hydrogen-bond donors (Lipinski definition) is 4. The number of aliphatic carboxylic acids is 1. The van der Waals surface area contributed by atoms with Crippen LogP contribution in [0.2, 0.25) is 5.15 Å². The minimum atomic E-state index is -5.08. The van der Waals surface area contributed by atoms with Crippen molar-refractivity contribution in [2.45, 2.75) is 6.18 Å². The van der Waals surface area contributed by atoms with Gasteiger partial charge in [-0.3, -0.25) is 15.5 Å². The van der Waals surface area contributed by atoms with Crippen LogP contribution in [0.5, 0.6) is 0 Å². The number of aliphatic imine (C=N–C) groups is 1. The van der Waals surface area contributed by atoms with E-state index in [1.54, 1.807) is 0 Å². The van der Waals surface area contributed by atoms with Crippen LogP contribution in [0.3, 0.4) is 0 Å². The summed E-state index contributed by atoms with van der Waals surface area (Å²) in [7, 11) is 0. The summed E-state index contributed by atoms with van der Waals surface area (Å²) >= 11 is 8.92. The quantitative estimate of drug-likeness (QED) is 0.120. The first-order chi connectivity index (χ1) is 15.9. The van der Waals surface area contributed by atoms with Crippen LogP contribution in [0.15, 0.2) is 50.6 Å². The Labute approximate surface area is 199 Å². The van der Waals surface area contributed by atoms with Gasteiger partial charge in [0.05, 0.1) is 15.7 Å². The van der Waals surface area contributed by atoms with Crippen molar-refractivity contribution in [1.82, 2.24) is 20.8 Å². The van der Waals surface area contributed by atoms with Crippen molar-refractivity contribution in [3.05, 3.63) is 63.2 Å². The fourth-order valence-corrected chi connectivity index (χ4v) is 2.54. The van der Waals surface area contributed by atoms with E-state index < -0.39 is 23.9 Å². The number of amides is 1. The van der Waals surface area contributed by atoms with Crippen LogP contribution in [-0.2, 0) is 4.79 Å². The molecule has 0 saturated heterocycles. The summed E-state index contributed by atoms with van der Waals surface area (Å²) < 4.78 is 49.9. The monoisotopic (exact) mass is 568 g/mol. The first-order valence-corrected chi connectivity index (χ1v) is 9.60. The van der Waals surface area contributed by atoms with Crippen molar-refractivity contribution in [3.8, 4) is 0 Å². The molecule has 1 aromatic carbocycles. The van der Waals surface area contributed by atoms with Gasteiger partial charge < -0.3 is 10.4 Å². The Bertz CT molecular complexity index is 1220. The van der Waals surface area contributed by atoms with Crippen molar-refractivity contribution in [1.29, 1.82) is 0 Å². The predicted molar refractivity (Wildman–Crippen MR) is 110 cm³/mol. The second-order valence-corrected chi connectivity index (χ2v) is 6.94. The van der Waals surface area contributed by atoms with Gasteiger partial charge in [-0.15, -0.1) is 0 Å². The first-order valence-electron chi connectivity index (χ1n) is 8.42. The molecule has 0 unspecified atom stereocenters. The minimum Gasteiger partial charge on any atom is -0.475 e. The maximum atomic E-state index is 13.3. The van der Waals surface area contributed by atoms with Gasteiger partial charge in [0.15, 0.2) is 11.5 Å². The predicted octanol–water partition coefficient (Wildman–Crippen LogP) is 3.96. The number of rotatable bonds is 4. The van der Waals surface area contributed by atoms with Gasteiger partial charge in [0.2, 0.25) is 5.82 Å². The first kappa shape index (κ1) is 26.6. The number of carboxylic acid groups (broad SMARTS) is 1. The van der Waals surface area contributed by atoms with Crippen LogP contribution < -0.4 is 10.8 Å². The SMILES string of the molecule is O=C(Nc1nonc1C(=Nc1ccc(F)c(Br)c1)NO)c1cccnc1Cl.O=C(O)C(F)(F)F. The zero-order chi connectivity index (χ0) is 25.5. The fraction of sp³-hybridized carbons (Fsp3) is 0.0588. The summed E-state index contributed by atoms with van der Waals surface area (Å²) in [5.74, 6) is -4.17. The molecule has 0 aliphatic heterocycles. The number of benzene rings is 1. The number of carbonyl (C=O) groups is 2. The topological polar surface area (TPSA) is 163 Å². The average Bonchev–Trinajstić information content (AvgIpc) is 3.22. The number of halogens is 6. The highest BCUT2D eigenvalue weighted by molar-refractivity contribution is 9.10. The van der Waals surface area contributed by atoms with Crippen LogP contribution in [0.1, 0.15) is 16.1 Å². The van der Waals surface area contributed by atoms with Gasteiger partial charge in [-0.25, -0.2) is 23.8 Å². The molecule has 1 amide bonds. The minimum absolute atomic E-state index is 0.00154. The maximum Gasteiger partial charge on any atom is 0.490 e. The number of nitrogens with zero attached hydrogens (tertiary/aromatic N) is 4. The highest BCUT2D eigenvalue weighted by Crippen LogP contribution is 2.23. The number of hydroxylamine groups is 1. The largest absolute Gasteiger partial charge is 0.490 e. The van der Waals surface area contributed by atoms with Crippen LogP contribution in [-0.4, -0.2) is 49.5 Å². The number of anilines is 1. The van der Waals surface area contributed by atoms with Crippen molar-refractivity contribution < 1.29 is 42.1 Å². The van der Waals surface area contributed by atoms with Gasteiger partial charge in [0, 0.05) is 6.20 Å². The van der Waals surface area contributed by atoms with Crippen molar-refractivity contribution >= 4 is 56.7 Å². The van der Waals surface area contributed by atoms with Gasteiger partial charge in [-0.05, 0) is 56.6 Å². The highest BCUT2D eigenvalue weighted by Gasteiger charge is 2.38. The van der Waals surface area contributed by atoms with E-state index in [1.165, 1.54) is 36.5 Å². The summed E-state index contributed by atoms with van der Waals surface area (Å²) in [6, 6.07) is 6.95. The number of pyridine rings is 1.